The summed E-state index contributed by atoms with van der Waals surface area (Å²) in [5.41, 5.74) is 5.04. The fraction of sp³-hybridized carbons (Fsp3) is 0.167. The maximum Gasteiger partial charge on any atom is 0.253 e. The second kappa shape index (κ2) is 8.52. The Bertz CT molecular complexity index is 1520. The number of carbonyl (C=O) groups excluding carboxylic acids is 1. The number of fused-ring (bicyclic) bond motifs is 3. The minimum atomic E-state index is -0.00359. The van der Waals surface area contributed by atoms with Gasteiger partial charge in [0, 0.05) is 43.5 Å². The maximum absolute atomic E-state index is 13.1. The molecule has 0 spiro atoms. The highest BCUT2D eigenvalue weighted by Gasteiger charge is 2.24. The molecule has 35 heavy (non-hydrogen) atoms. The average molecular weight is 467 g/mol. The van der Waals surface area contributed by atoms with Crippen LogP contribution in [0.2, 0.25) is 0 Å². The number of hydrogen-bond donors (Lipinski definition) is 1. The van der Waals surface area contributed by atoms with E-state index in [9.17, 15) is 4.79 Å². The Morgan fingerprint density at radius 1 is 0.971 bits per heavy atom. The van der Waals surface area contributed by atoms with Crippen LogP contribution in [-0.4, -0.2) is 72.1 Å². The quantitative estimate of drug-likeness (QED) is 0.416. The Hall–Kier alpha value is -4.80. The molecule has 1 aliphatic rings. The van der Waals surface area contributed by atoms with Crippen molar-refractivity contribution >= 4 is 39.8 Å². The summed E-state index contributed by atoms with van der Waals surface area (Å²) in [6, 6.07) is 16.8. The molecule has 1 aliphatic heterocycles. The number of amides is 1. The molecule has 1 saturated heterocycles. The third-order valence-electron chi connectivity index (χ3n) is 6.10. The number of benzene rings is 2. The maximum atomic E-state index is 13.1. The number of anilines is 2. The first kappa shape index (κ1) is 20.8. The minimum absolute atomic E-state index is 0.00359. The van der Waals surface area contributed by atoms with E-state index in [0.29, 0.717) is 48.9 Å². The highest BCUT2D eigenvalue weighted by Crippen LogP contribution is 2.23. The molecule has 1 N–H and O–H groups in total. The van der Waals surface area contributed by atoms with Crippen molar-refractivity contribution in [1.29, 1.82) is 0 Å². The van der Waals surface area contributed by atoms with Gasteiger partial charge in [-0.2, -0.15) is 4.52 Å². The molecular weight excluding hydrogens is 446 g/mol. The van der Waals surface area contributed by atoms with Crippen LogP contribution in [0.3, 0.4) is 0 Å². The van der Waals surface area contributed by atoms with Crippen LogP contribution in [0.25, 0.3) is 22.4 Å². The van der Waals surface area contributed by atoms with Crippen molar-refractivity contribution in [2.24, 2.45) is 0 Å². The lowest BCUT2D eigenvalue weighted by Gasteiger charge is -2.36. The molecule has 11 nitrogen and oxygen atoms in total. The molecular formula is C24H21N9O2. The van der Waals surface area contributed by atoms with Crippen molar-refractivity contribution in [2.45, 2.75) is 0 Å². The molecule has 0 aliphatic carbocycles. The molecule has 0 bridgehead atoms. The summed E-state index contributed by atoms with van der Waals surface area (Å²) in [6.07, 6.45) is 1.53. The second-order valence-corrected chi connectivity index (χ2v) is 8.18. The number of nitrogens with one attached hydrogen (secondary N) is 1. The van der Waals surface area contributed by atoms with Gasteiger partial charge in [-0.15, -0.1) is 5.10 Å². The summed E-state index contributed by atoms with van der Waals surface area (Å²) < 4.78 is 6.56. The van der Waals surface area contributed by atoms with E-state index in [1.54, 1.807) is 10.6 Å². The van der Waals surface area contributed by atoms with E-state index < -0.39 is 0 Å². The third kappa shape index (κ3) is 3.82. The Kier molecular flexibility index (Phi) is 5.06. The van der Waals surface area contributed by atoms with Crippen molar-refractivity contribution in [2.75, 3.05) is 31.5 Å². The van der Waals surface area contributed by atoms with Crippen molar-refractivity contribution in [3.8, 4) is 0 Å². The first-order valence-electron chi connectivity index (χ1n) is 11.2. The highest BCUT2D eigenvalue weighted by molar-refractivity contribution is 5.95. The summed E-state index contributed by atoms with van der Waals surface area (Å²) in [5, 5.41) is 19.2. The standard InChI is InChI=1S/C24H21N9O2/c1-16(19-10-15-35-28-19)31-11-13-32(14-12-31)24(34)17-6-8-18(9-7-17)25-22-23-27-29-30-33(23)21-5-3-2-4-20(21)26-22/h2-10,15H,1,11-14H2,(H,25,26). The minimum Gasteiger partial charge on any atom is -0.367 e. The van der Waals surface area contributed by atoms with Crippen molar-refractivity contribution in [3.63, 3.8) is 0 Å². The fourth-order valence-electron chi connectivity index (χ4n) is 4.21. The fourth-order valence-corrected chi connectivity index (χ4v) is 4.21. The van der Waals surface area contributed by atoms with Crippen LogP contribution >= 0.6 is 0 Å². The van der Waals surface area contributed by atoms with Gasteiger partial charge in [0.1, 0.15) is 12.0 Å². The van der Waals surface area contributed by atoms with Gasteiger partial charge in [0.25, 0.3) is 5.91 Å². The number of aromatic nitrogens is 6. The Labute approximate surface area is 199 Å². The highest BCUT2D eigenvalue weighted by atomic mass is 16.5. The summed E-state index contributed by atoms with van der Waals surface area (Å²) in [7, 11) is 0. The number of tetrazole rings is 1. The molecule has 11 heteroatoms. The zero-order chi connectivity index (χ0) is 23.8. The normalized spacial score (nSPS) is 13.9. The SMILES string of the molecule is C=C(c1ccon1)N1CCN(C(=O)c2ccc(Nc3nc4ccccc4n4nnnc34)cc2)CC1. The van der Waals surface area contributed by atoms with Crippen LogP contribution in [0.1, 0.15) is 16.1 Å². The topological polar surface area (TPSA) is 118 Å². The van der Waals surface area contributed by atoms with Gasteiger partial charge >= 0.3 is 0 Å². The molecule has 1 amide bonds. The van der Waals surface area contributed by atoms with Gasteiger partial charge in [-0.25, -0.2) is 4.98 Å². The predicted molar refractivity (Wildman–Crippen MR) is 129 cm³/mol. The van der Waals surface area contributed by atoms with Crippen molar-refractivity contribution < 1.29 is 9.32 Å². The smallest absolute Gasteiger partial charge is 0.253 e. The van der Waals surface area contributed by atoms with Gasteiger partial charge in [-0.05, 0) is 46.8 Å². The molecule has 0 saturated carbocycles. The Balaban J connectivity index is 1.14. The van der Waals surface area contributed by atoms with Crippen LogP contribution in [-0.2, 0) is 0 Å². The predicted octanol–water partition coefficient (Wildman–Crippen LogP) is 2.83. The monoisotopic (exact) mass is 467 g/mol. The van der Waals surface area contributed by atoms with E-state index >= 15 is 0 Å². The van der Waals surface area contributed by atoms with E-state index in [0.717, 1.165) is 22.4 Å². The van der Waals surface area contributed by atoms with Crippen LogP contribution in [0.5, 0.6) is 0 Å². The first-order chi connectivity index (χ1) is 17.2. The Morgan fingerprint density at radius 3 is 2.51 bits per heavy atom. The lowest BCUT2D eigenvalue weighted by Crippen LogP contribution is -2.47. The van der Waals surface area contributed by atoms with Gasteiger partial charge < -0.3 is 19.6 Å². The third-order valence-corrected chi connectivity index (χ3v) is 6.10. The van der Waals surface area contributed by atoms with Crippen LogP contribution in [0.15, 0.2) is 72.0 Å². The van der Waals surface area contributed by atoms with Crippen molar-refractivity contribution in [3.05, 3.63) is 78.7 Å². The molecule has 1 fully saturated rings. The van der Waals surface area contributed by atoms with Crippen LogP contribution in [0.4, 0.5) is 11.5 Å². The number of para-hydroxylation sites is 2. The van der Waals surface area contributed by atoms with Gasteiger partial charge in [-0.1, -0.05) is 23.9 Å². The molecule has 5 aromatic rings. The summed E-state index contributed by atoms with van der Waals surface area (Å²) in [5.74, 6) is 0.535. The molecule has 0 atom stereocenters. The molecule has 0 radical (unpaired) electrons. The largest absolute Gasteiger partial charge is 0.367 e. The van der Waals surface area contributed by atoms with E-state index in [1.807, 2.05) is 53.4 Å². The zero-order valence-corrected chi connectivity index (χ0v) is 18.7. The lowest BCUT2D eigenvalue weighted by atomic mass is 10.1. The number of nitrogens with zero attached hydrogens (tertiary/aromatic N) is 8. The summed E-state index contributed by atoms with van der Waals surface area (Å²) in [4.78, 5) is 21.7. The van der Waals surface area contributed by atoms with Gasteiger partial charge in [0.15, 0.2) is 5.82 Å². The number of piperazine rings is 1. The van der Waals surface area contributed by atoms with Gasteiger partial charge in [0.2, 0.25) is 5.65 Å². The number of hydrogen-bond acceptors (Lipinski definition) is 9. The average Bonchev–Trinajstić information content (AvgIpc) is 3.62. The van der Waals surface area contributed by atoms with Crippen molar-refractivity contribution in [1.82, 2.24) is 40.0 Å². The summed E-state index contributed by atoms with van der Waals surface area (Å²) in [6.45, 7) is 6.69. The molecule has 6 rings (SSSR count). The summed E-state index contributed by atoms with van der Waals surface area (Å²) >= 11 is 0. The zero-order valence-electron chi connectivity index (χ0n) is 18.7. The van der Waals surface area contributed by atoms with E-state index in [4.69, 9.17) is 4.52 Å². The second-order valence-electron chi connectivity index (χ2n) is 8.18. The van der Waals surface area contributed by atoms with E-state index in [1.165, 1.54) is 6.26 Å². The van der Waals surface area contributed by atoms with Crippen LogP contribution < -0.4 is 5.32 Å². The van der Waals surface area contributed by atoms with E-state index in [2.05, 4.69) is 42.5 Å². The van der Waals surface area contributed by atoms with Gasteiger partial charge in [-0.3, -0.25) is 4.79 Å². The van der Waals surface area contributed by atoms with Gasteiger partial charge in [0.05, 0.1) is 16.7 Å². The Morgan fingerprint density at radius 2 is 1.74 bits per heavy atom. The molecule has 2 aromatic carbocycles. The molecule has 4 heterocycles. The van der Waals surface area contributed by atoms with Crippen LogP contribution in [0, 0.1) is 0 Å². The van der Waals surface area contributed by atoms with E-state index in [-0.39, 0.29) is 5.91 Å². The number of carbonyl (C=O) groups is 1. The lowest BCUT2D eigenvalue weighted by molar-refractivity contribution is 0.0686. The number of rotatable bonds is 5. The molecule has 0 unspecified atom stereocenters. The molecule has 174 valence electrons. The molecule has 3 aromatic heterocycles. The first-order valence-corrected chi connectivity index (χ1v) is 11.2.